The first-order valence-corrected chi connectivity index (χ1v) is 6.16. The predicted octanol–water partition coefficient (Wildman–Crippen LogP) is 1.32. The van der Waals surface area contributed by atoms with Crippen LogP contribution in [-0.2, 0) is 0 Å². The molecule has 2 aliphatic heterocycles. The normalized spacial score (nSPS) is 29.2. The van der Waals surface area contributed by atoms with Gasteiger partial charge >= 0.3 is 0 Å². The first-order valence-electron chi connectivity index (χ1n) is 5.78. The van der Waals surface area contributed by atoms with Gasteiger partial charge in [-0.3, -0.25) is 0 Å². The molecule has 1 aromatic heterocycles. The lowest BCUT2D eigenvalue weighted by Crippen LogP contribution is -2.44. The molecule has 3 rings (SSSR count). The molecule has 2 unspecified atom stereocenters. The third-order valence-electron chi connectivity index (χ3n) is 3.60. The fourth-order valence-corrected chi connectivity index (χ4v) is 3.00. The summed E-state index contributed by atoms with van der Waals surface area (Å²) >= 11 is 6.12. The molecule has 2 atom stereocenters. The number of piperidine rings is 1. The third-order valence-corrected chi connectivity index (χ3v) is 3.87. The van der Waals surface area contributed by atoms with Gasteiger partial charge in [0.2, 0.25) is 0 Å². The monoisotopic (exact) mass is 238 g/mol. The van der Waals surface area contributed by atoms with E-state index in [2.05, 4.69) is 20.2 Å². The van der Waals surface area contributed by atoms with E-state index in [0.29, 0.717) is 11.1 Å². The Morgan fingerprint density at radius 2 is 2.38 bits per heavy atom. The predicted molar refractivity (Wildman–Crippen MR) is 63.8 cm³/mol. The van der Waals surface area contributed by atoms with Gasteiger partial charge in [0, 0.05) is 19.1 Å². The van der Waals surface area contributed by atoms with Gasteiger partial charge < -0.3 is 10.2 Å². The maximum Gasteiger partial charge on any atom is 0.150 e. The standard InChI is InChI=1S/C11H15ClN4/c12-9-5-13-7-15-11(9)16-4-2-10-8(6-16)1-3-14-10/h5,7-8,10,14H,1-4,6H2. The van der Waals surface area contributed by atoms with E-state index in [1.54, 1.807) is 12.5 Å². The lowest BCUT2D eigenvalue weighted by Gasteiger charge is -2.35. The van der Waals surface area contributed by atoms with Crippen molar-refractivity contribution in [2.45, 2.75) is 18.9 Å². The molecule has 86 valence electrons. The summed E-state index contributed by atoms with van der Waals surface area (Å²) in [5.41, 5.74) is 0. The van der Waals surface area contributed by atoms with Crippen LogP contribution in [0.1, 0.15) is 12.8 Å². The summed E-state index contributed by atoms with van der Waals surface area (Å²) in [6, 6.07) is 0.705. The van der Waals surface area contributed by atoms with E-state index in [9.17, 15) is 0 Å². The van der Waals surface area contributed by atoms with Crippen LogP contribution in [0.2, 0.25) is 5.02 Å². The minimum Gasteiger partial charge on any atom is -0.355 e. The molecule has 2 fully saturated rings. The second kappa shape index (κ2) is 4.18. The Bertz CT molecular complexity index is 384. The van der Waals surface area contributed by atoms with Crippen LogP contribution in [-0.4, -0.2) is 35.6 Å². The molecule has 0 spiro atoms. The molecule has 2 aliphatic rings. The molecule has 0 aliphatic carbocycles. The van der Waals surface area contributed by atoms with Crippen molar-refractivity contribution in [1.82, 2.24) is 15.3 Å². The van der Waals surface area contributed by atoms with Crippen LogP contribution >= 0.6 is 11.6 Å². The summed E-state index contributed by atoms with van der Waals surface area (Å²) in [4.78, 5) is 10.5. The Morgan fingerprint density at radius 1 is 1.44 bits per heavy atom. The van der Waals surface area contributed by atoms with Gasteiger partial charge in [-0.25, -0.2) is 9.97 Å². The van der Waals surface area contributed by atoms with Crippen molar-refractivity contribution in [3.63, 3.8) is 0 Å². The molecule has 2 saturated heterocycles. The lowest BCUT2D eigenvalue weighted by atomic mass is 9.93. The molecule has 1 aromatic rings. The third kappa shape index (κ3) is 1.76. The van der Waals surface area contributed by atoms with Gasteiger partial charge in [-0.2, -0.15) is 0 Å². The van der Waals surface area contributed by atoms with Crippen molar-refractivity contribution in [2.24, 2.45) is 5.92 Å². The summed E-state index contributed by atoms with van der Waals surface area (Å²) in [5, 5.41) is 4.21. The number of halogens is 1. The van der Waals surface area contributed by atoms with Crippen LogP contribution in [0.5, 0.6) is 0 Å². The van der Waals surface area contributed by atoms with Gasteiger partial charge in [0.15, 0.2) is 5.82 Å². The Hall–Kier alpha value is -0.870. The molecular weight excluding hydrogens is 224 g/mol. The Balaban J connectivity index is 1.79. The molecule has 1 N–H and O–H groups in total. The number of hydrogen-bond acceptors (Lipinski definition) is 4. The number of hydrogen-bond donors (Lipinski definition) is 1. The van der Waals surface area contributed by atoms with E-state index in [0.717, 1.165) is 31.4 Å². The second-order valence-electron chi connectivity index (χ2n) is 4.54. The minimum absolute atomic E-state index is 0.659. The summed E-state index contributed by atoms with van der Waals surface area (Å²) in [5.74, 6) is 1.64. The van der Waals surface area contributed by atoms with Crippen molar-refractivity contribution >= 4 is 17.4 Å². The van der Waals surface area contributed by atoms with Crippen LogP contribution in [0.15, 0.2) is 12.5 Å². The molecule has 0 saturated carbocycles. The van der Waals surface area contributed by atoms with Crippen molar-refractivity contribution in [3.05, 3.63) is 17.5 Å². The van der Waals surface area contributed by atoms with E-state index < -0.39 is 0 Å². The largest absolute Gasteiger partial charge is 0.355 e. The van der Waals surface area contributed by atoms with Crippen LogP contribution in [0.4, 0.5) is 5.82 Å². The molecule has 5 heteroatoms. The van der Waals surface area contributed by atoms with Crippen LogP contribution < -0.4 is 10.2 Å². The Morgan fingerprint density at radius 3 is 3.25 bits per heavy atom. The topological polar surface area (TPSA) is 41.1 Å². The first kappa shape index (κ1) is 10.3. The van der Waals surface area contributed by atoms with E-state index in [1.807, 2.05) is 0 Å². The zero-order chi connectivity index (χ0) is 11.0. The zero-order valence-corrected chi connectivity index (χ0v) is 9.82. The van der Waals surface area contributed by atoms with Crippen LogP contribution in [0, 0.1) is 5.92 Å². The van der Waals surface area contributed by atoms with Gasteiger partial charge in [0.05, 0.1) is 6.20 Å². The van der Waals surface area contributed by atoms with Crippen molar-refractivity contribution < 1.29 is 0 Å². The molecule has 3 heterocycles. The lowest BCUT2D eigenvalue weighted by molar-refractivity contribution is 0.375. The number of anilines is 1. The van der Waals surface area contributed by atoms with Gasteiger partial charge in [0.1, 0.15) is 11.3 Å². The molecular formula is C11H15ClN4. The highest BCUT2D eigenvalue weighted by Gasteiger charge is 2.33. The number of rotatable bonds is 1. The smallest absolute Gasteiger partial charge is 0.150 e. The molecule has 16 heavy (non-hydrogen) atoms. The highest BCUT2D eigenvalue weighted by Crippen LogP contribution is 2.30. The fraction of sp³-hybridized carbons (Fsp3) is 0.636. The van der Waals surface area contributed by atoms with Crippen molar-refractivity contribution in [2.75, 3.05) is 24.5 Å². The van der Waals surface area contributed by atoms with Crippen molar-refractivity contribution in [3.8, 4) is 0 Å². The zero-order valence-electron chi connectivity index (χ0n) is 9.06. The van der Waals surface area contributed by atoms with Crippen molar-refractivity contribution in [1.29, 1.82) is 0 Å². The van der Waals surface area contributed by atoms with E-state index in [1.165, 1.54) is 12.8 Å². The van der Waals surface area contributed by atoms with Gasteiger partial charge in [0.25, 0.3) is 0 Å². The highest BCUT2D eigenvalue weighted by atomic mass is 35.5. The molecule has 0 aromatic carbocycles. The van der Waals surface area contributed by atoms with E-state index >= 15 is 0 Å². The average molecular weight is 239 g/mol. The van der Waals surface area contributed by atoms with Gasteiger partial charge in [-0.1, -0.05) is 11.6 Å². The minimum atomic E-state index is 0.659. The Labute approximate surface area is 100 Å². The average Bonchev–Trinajstić information content (AvgIpc) is 2.76. The molecule has 0 bridgehead atoms. The first-order chi connectivity index (χ1) is 7.84. The summed E-state index contributed by atoms with van der Waals surface area (Å²) in [7, 11) is 0. The number of aromatic nitrogens is 2. The van der Waals surface area contributed by atoms with Crippen LogP contribution in [0.3, 0.4) is 0 Å². The summed E-state index contributed by atoms with van der Waals surface area (Å²) < 4.78 is 0. The summed E-state index contributed by atoms with van der Waals surface area (Å²) in [6.07, 6.45) is 5.69. The van der Waals surface area contributed by atoms with E-state index in [-0.39, 0.29) is 0 Å². The maximum absolute atomic E-state index is 6.12. The highest BCUT2D eigenvalue weighted by molar-refractivity contribution is 6.32. The number of nitrogens with zero attached hydrogens (tertiary/aromatic N) is 3. The van der Waals surface area contributed by atoms with Crippen LogP contribution in [0.25, 0.3) is 0 Å². The number of nitrogens with one attached hydrogen (secondary N) is 1. The Kier molecular flexibility index (Phi) is 2.69. The van der Waals surface area contributed by atoms with Gasteiger partial charge in [-0.15, -0.1) is 0 Å². The fourth-order valence-electron chi connectivity index (χ4n) is 2.78. The molecule has 0 radical (unpaired) electrons. The number of fused-ring (bicyclic) bond motifs is 1. The molecule has 4 nitrogen and oxygen atoms in total. The maximum atomic E-state index is 6.12. The SMILES string of the molecule is Clc1cncnc1N1CCC2NCCC2C1. The van der Waals surface area contributed by atoms with Gasteiger partial charge in [-0.05, 0) is 25.3 Å². The molecule has 0 amide bonds. The summed E-state index contributed by atoms with van der Waals surface area (Å²) in [6.45, 7) is 3.25. The quantitative estimate of drug-likeness (QED) is 0.801. The second-order valence-corrected chi connectivity index (χ2v) is 4.95. The van der Waals surface area contributed by atoms with E-state index in [4.69, 9.17) is 11.6 Å².